The van der Waals surface area contributed by atoms with Gasteiger partial charge < -0.3 is 5.73 Å². The summed E-state index contributed by atoms with van der Waals surface area (Å²) in [5, 5.41) is 0. The van der Waals surface area contributed by atoms with Crippen LogP contribution in [0.15, 0.2) is 24.3 Å². The third-order valence-corrected chi connectivity index (χ3v) is 3.26. The minimum absolute atomic E-state index is 0.0834. The Balaban J connectivity index is 2.68. The zero-order valence-electron chi connectivity index (χ0n) is 9.04. The van der Waals surface area contributed by atoms with Crippen LogP contribution in [0.2, 0.25) is 0 Å². The maximum atomic E-state index is 5.80. The van der Waals surface area contributed by atoms with Gasteiger partial charge in [-0.05, 0) is 13.8 Å². The van der Waals surface area contributed by atoms with Gasteiger partial charge in [0.05, 0.1) is 12.0 Å². The first-order valence-electron chi connectivity index (χ1n) is 4.98. The number of nitrogens with zero attached hydrogens (tertiary/aromatic N) is 1. The number of para-hydroxylation sites is 1. The number of fused-ring (bicyclic) bond motifs is 1. The van der Waals surface area contributed by atoms with Gasteiger partial charge in [-0.2, -0.15) is 0 Å². The van der Waals surface area contributed by atoms with Gasteiger partial charge in [0.25, 0.3) is 0 Å². The van der Waals surface area contributed by atoms with E-state index in [0.29, 0.717) is 6.54 Å². The van der Waals surface area contributed by atoms with Gasteiger partial charge in [-0.25, -0.2) is 4.58 Å². The third-order valence-electron chi connectivity index (χ3n) is 3.26. The molecule has 0 spiro atoms. The van der Waals surface area contributed by atoms with E-state index in [2.05, 4.69) is 49.7 Å². The molecule has 0 atom stereocenters. The van der Waals surface area contributed by atoms with Gasteiger partial charge in [0, 0.05) is 11.6 Å². The van der Waals surface area contributed by atoms with E-state index < -0.39 is 0 Å². The van der Waals surface area contributed by atoms with Crippen LogP contribution in [-0.2, 0) is 5.41 Å². The zero-order valence-corrected chi connectivity index (χ0v) is 9.04. The number of hydrogen-bond acceptors (Lipinski definition) is 1. The molecule has 14 heavy (non-hydrogen) atoms. The van der Waals surface area contributed by atoms with Crippen LogP contribution in [0.1, 0.15) is 19.4 Å². The van der Waals surface area contributed by atoms with Crippen molar-refractivity contribution in [2.45, 2.75) is 19.3 Å². The molecular formula is C12H17N2+. The van der Waals surface area contributed by atoms with Crippen molar-refractivity contribution >= 4 is 11.4 Å². The van der Waals surface area contributed by atoms with E-state index in [0.717, 1.165) is 0 Å². The Kier molecular flexibility index (Phi) is 1.96. The molecule has 2 N–H and O–H groups in total. The molecule has 1 aliphatic rings. The monoisotopic (exact) mass is 189 g/mol. The van der Waals surface area contributed by atoms with E-state index in [1.807, 2.05) is 0 Å². The molecule has 0 amide bonds. The van der Waals surface area contributed by atoms with Crippen molar-refractivity contribution in [3.8, 4) is 0 Å². The first kappa shape index (κ1) is 9.41. The lowest BCUT2D eigenvalue weighted by Gasteiger charge is -2.15. The van der Waals surface area contributed by atoms with E-state index in [1.54, 1.807) is 0 Å². The lowest BCUT2D eigenvalue weighted by molar-refractivity contribution is -0.403. The van der Waals surface area contributed by atoms with Crippen molar-refractivity contribution in [3.05, 3.63) is 29.8 Å². The molecule has 2 rings (SSSR count). The molecule has 1 aromatic rings. The van der Waals surface area contributed by atoms with Gasteiger partial charge in [0.1, 0.15) is 7.05 Å². The molecule has 0 aromatic heterocycles. The quantitative estimate of drug-likeness (QED) is 0.669. The second-order valence-electron chi connectivity index (χ2n) is 4.35. The van der Waals surface area contributed by atoms with Crippen molar-refractivity contribution in [2.75, 3.05) is 13.6 Å². The fourth-order valence-corrected chi connectivity index (χ4v) is 2.41. The molecule has 0 unspecified atom stereocenters. The zero-order chi connectivity index (χ0) is 10.3. The summed E-state index contributed by atoms with van der Waals surface area (Å²) in [4.78, 5) is 0. The van der Waals surface area contributed by atoms with Gasteiger partial charge in [-0.15, -0.1) is 0 Å². The molecule has 0 saturated carbocycles. The van der Waals surface area contributed by atoms with Crippen LogP contribution in [0.5, 0.6) is 0 Å². The summed E-state index contributed by atoms with van der Waals surface area (Å²) in [7, 11) is 2.09. The van der Waals surface area contributed by atoms with E-state index in [9.17, 15) is 0 Å². The predicted molar refractivity (Wildman–Crippen MR) is 59.4 cm³/mol. The fraction of sp³-hybridized carbons (Fsp3) is 0.417. The normalized spacial score (nSPS) is 18.6. The number of nitrogens with two attached hydrogens (primary N) is 1. The maximum Gasteiger partial charge on any atom is 0.209 e. The summed E-state index contributed by atoms with van der Waals surface area (Å²) >= 11 is 0. The molecule has 0 aliphatic carbocycles. The van der Waals surface area contributed by atoms with Crippen LogP contribution < -0.4 is 5.73 Å². The average Bonchev–Trinajstić information content (AvgIpc) is 2.36. The van der Waals surface area contributed by atoms with Crippen molar-refractivity contribution in [3.63, 3.8) is 0 Å². The van der Waals surface area contributed by atoms with Crippen LogP contribution >= 0.6 is 0 Å². The van der Waals surface area contributed by atoms with E-state index >= 15 is 0 Å². The fourth-order valence-electron chi connectivity index (χ4n) is 2.41. The smallest absolute Gasteiger partial charge is 0.209 e. The molecule has 1 aromatic carbocycles. The summed E-state index contributed by atoms with van der Waals surface area (Å²) in [5.74, 6) is 0. The highest BCUT2D eigenvalue weighted by Gasteiger charge is 2.42. The largest absolute Gasteiger partial charge is 0.322 e. The summed E-state index contributed by atoms with van der Waals surface area (Å²) in [5.41, 5.74) is 9.84. The Morgan fingerprint density at radius 3 is 2.50 bits per heavy atom. The molecular weight excluding hydrogens is 172 g/mol. The topological polar surface area (TPSA) is 29.0 Å². The Labute approximate surface area is 85.1 Å². The lowest BCUT2D eigenvalue weighted by atomic mass is 9.81. The second-order valence-corrected chi connectivity index (χ2v) is 4.35. The Bertz CT molecular complexity index is 403. The number of hydrogen-bond donors (Lipinski definition) is 1. The van der Waals surface area contributed by atoms with Crippen LogP contribution in [0.4, 0.5) is 5.69 Å². The van der Waals surface area contributed by atoms with E-state index in [-0.39, 0.29) is 5.41 Å². The third kappa shape index (κ3) is 1.04. The highest BCUT2D eigenvalue weighted by molar-refractivity contribution is 5.96. The highest BCUT2D eigenvalue weighted by Crippen LogP contribution is 2.37. The Hall–Kier alpha value is -1.15. The van der Waals surface area contributed by atoms with Gasteiger partial charge in [-0.3, -0.25) is 0 Å². The van der Waals surface area contributed by atoms with Crippen molar-refractivity contribution in [2.24, 2.45) is 5.73 Å². The van der Waals surface area contributed by atoms with Gasteiger partial charge >= 0.3 is 0 Å². The Morgan fingerprint density at radius 1 is 1.29 bits per heavy atom. The highest BCUT2D eigenvalue weighted by atomic mass is 15.0. The SMILES string of the molecule is C[N+]1=C(CN)C(C)(C)c2ccccc21. The van der Waals surface area contributed by atoms with Gasteiger partial charge in [0.15, 0.2) is 5.71 Å². The molecule has 2 heteroatoms. The predicted octanol–water partition coefficient (Wildman–Crippen LogP) is 1.65. The summed E-state index contributed by atoms with van der Waals surface area (Å²) in [6.45, 7) is 5.09. The number of benzene rings is 1. The van der Waals surface area contributed by atoms with Crippen LogP contribution in [0.3, 0.4) is 0 Å². The maximum absolute atomic E-state index is 5.80. The molecule has 0 radical (unpaired) electrons. The van der Waals surface area contributed by atoms with E-state index in [1.165, 1.54) is 17.0 Å². The minimum Gasteiger partial charge on any atom is -0.322 e. The molecule has 0 bridgehead atoms. The van der Waals surface area contributed by atoms with Crippen LogP contribution in [-0.4, -0.2) is 23.9 Å². The average molecular weight is 189 g/mol. The van der Waals surface area contributed by atoms with E-state index in [4.69, 9.17) is 5.73 Å². The first-order chi connectivity index (χ1) is 6.59. The molecule has 1 heterocycles. The van der Waals surface area contributed by atoms with Gasteiger partial charge in [-0.1, -0.05) is 18.2 Å². The molecule has 0 saturated heterocycles. The van der Waals surface area contributed by atoms with Crippen LogP contribution in [0, 0.1) is 0 Å². The summed E-state index contributed by atoms with van der Waals surface area (Å²) in [6, 6.07) is 8.51. The molecule has 0 fully saturated rings. The van der Waals surface area contributed by atoms with Crippen molar-refractivity contribution < 1.29 is 4.58 Å². The van der Waals surface area contributed by atoms with Crippen molar-refractivity contribution in [1.29, 1.82) is 0 Å². The standard InChI is InChI=1S/C12H17N2/c1-12(2)9-6-4-5-7-10(9)14(3)11(12)8-13/h4-7H,8,13H2,1-3H3/q+1. The van der Waals surface area contributed by atoms with Crippen molar-refractivity contribution in [1.82, 2.24) is 0 Å². The second kappa shape index (κ2) is 2.92. The molecule has 74 valence electrons. The lowest BCUT2D eigenvalue weighted by Crippen LogP contribution is -2.34. The molecule has 2 nitrogen and oxygen atoms in total. The Morgan fingerprint density at radius 2 is 1.93 bits per heavy atom. The first-order valence-corrected chi connectivity index (χ1v) is 4.98. The summed E-state index contributed by atoms with van der Waals surface area (Å²) in [6.07, 6.45) is 0. The van der Waals surface area contributed by atoms with Crippen LogP contribution in [0.25, 0.3) is 0 Å². The minimum atomic E-state index is 0.0834. The molecule has 1 aliphatic heterocycles. The van der Waals surface area contributed by atoms with Gasteiger partial charge in [0.2, 0.25) is 5.69 Å². The summed E-state index contributed by atoms with van der Waals surface area (Å²) < 4.78 is 2.22. The number of rotatable bonds is 1.